The van der Waals surface area contributed by atoms with Crippen LogP contribution in [0.4, 0.5) is 0 Å². The smallest absolute Gasteiger partial charge is 0.253 e. The van der Waals surface area contributed by atoms with Crippen LogP contribution in [0.25, 0.3) is 0 Å². The number of nitrogens with one attached hydrogen (secondary N) is 1. The molecule has 2 fully saturated rings. The highest BCUT2D eigenvalue weighted by Crippen LogP contribution is 2.58. The maximum Gasteiger partial charge on any atom is 0.253 e. The van der Waals surface area contributed by atoms with E-state index >= 15 is 0 Å². The first kappa shape index (κ1) is 17.3. The van der Waals surface area contributed by atoms with E-state index in [2.05, 4.69) is 12.2 Å². The number of likely N-dealkylation sites (tertiary alicyclic amines) is 1. The van der Waals surface area contributed by atoms with Crippen molar-refractivity contribution >= 4 is 23.2 Å². The molecule has 1 aromatic heterocycles. The Balaban J connectivity index is 1.35. The second-order valence-electron chi connectivity index (χ2n) is 7.69. The fourth-order valence-electron chi connectivity index (χ4n) is 4.01. The molecular weight excluding hydrogens is 344 g/mol. The third kappa shape index (κ3) is 3.16. The van der Waals surface area contributed by atoms with Gasteiger partial charge >= 0.3 is 0 Å². The van der Waals surface area contributed by atoms with Crippen LogP contribution >= 0.6 is 11.3 Å². The third-order valence-corrected chi connectivity index (χ3v) is 6.83. The van der Waals surface area contributed by atoms with Crippen LogP contribution in [-0.2, 0) is 11.3 Å². The molecule has 1 N–H and O–H groups in total. The number of nitrogens with zero attached hydrogens (tertiary/aromatic N) is 1. The van der Waals surface area contributed by atoms with E-state index in [0.717, 1.165) is 30.5 Å². The largest absolute Gasteiger partial charge is 0.351 e. The average Bonchev–Trinajstić information content (AvgIpc) is 2.98. The molecule has 2 heterocycles. The van der Waals surface area contributed by atoms with E-state index in [1.54, 1.807) is 11.3 Å². The van der Waals surface area contributed by atoms with Crippen LogP contribution in [0.2, 0.25) is 0 Å². The van der Waals surface area contributed by atoms with Gasteiger partial charge in [0, 0.05) is 34.9 Å². The van der Waals surface area contributed by atoms with Crippen molar-refractivity contribution in [2.45, 2.75) is 33.2 Å². The monoisotopic (exact) mass is 368 g/mol. The first-order valence-electron chi connectivity index (χ1n) is 9.15. The Morgan fingerprint density at radius 1 is 1.27 bits per heavy atom. The Bertz CT molecular complexity index is 846. The zero-order valence-electron chi connectivity index (χ0n) is 15.2. The zero-order valence-corrected chi connectivity index (χ0v) is 16.1. The molecule has 4 rings (SSSR count). The predicted octanol–water partition coefficient (Wildman–Crippen LogP) is 3.53. The molecule has 4 nitrogen and oxygen atoms in total. The number of aryl methyl sites for hydroxylation is 2. The van der Waals surface area contributed by atoms with Crippen molar-refractivity contribution < 1.29 is 9.59 Å². The summed E-state index contributed by atoms with van der Waals surface area (Å²) in [5.74, 6) is 0.286. The molecule has 0 radical (unpaired) electrons. The van der Waals surface area contributed by atoms with Gasteiger partial charge in [-0.1, -0.05) is 12.1 Å². The van der Waals surface area contributed by atoms with E-state index in [1.165, 1.54) is 10.4 Å². The van der Waals surface area contributed by atoms with Gasteiger partial charge in [-0.15, -0.1) is 11.3 Å². The number of rotatable bonds is 4. The summed E-state index contributed by atoms with van der Waals surface area (Å²) in [4.78, 5) is 28.4. The Morgan fingerprint density at radius 2 is 2.12 bits per heavy atom. The summed E-state index contributed by atoms with van der Waals surface area (Å²) in [6.45, 7) is 6.15. The van der Waals surface area contributed by atoms with Gasteiger partial charge in [0.1, 0.15) is 0 Å². The number of thiophene rings is 1. The maximum atomic E-state index is 12.8. The van der Waals surface area contributed by atoms with Gasteiger partial charge < -0.3 is 10.2 Å². The molecule has 2 aromatic rings. The predicted molar refractivity (Wildman–Crippen MR) is 103 cm³/mol. The highest BCUT2D eigenvalue weighted by Gasteiger charge is 2.61. The van der Waals surface area contributed by atoms with Gasteiger partial charge in [0.15, 0.2) is 0 Å². The molecule has 1 saturated carbocycles. The first-order chi connectivity index (χ1) is 12.5. The highest BCUT2D eigenvalue weighted by atomic mass is 32.1. The van der Waals surface area contributed by atoms with Crippen LogP contribution in [0.1, 0.15) is 39.2 Å². The molecule has 2 atom stereocenters. The lowest BCUT2D eigenvalue weighted by Crippen LogP contribution is -2.31. The van der Waals surface area contributed by atoms with Crippen LogP contribution in [0.5, 0.6) is 0 Å². The molecule has 5 heteroatoms. The van der Waals surface area contributed by atoms with Crippen LogP contribution in [0.15, 0.2) is 35.7 Å². The number of carbonyl (C=O) groups is 2. The summed E-state index contributed by atoms with van der Waals surface area (Å²) in [7, 11) is 0. The first-order valence-corrected chi connectivity index (χ1v) is 10.0. The molecule has 1 aromatic carbocycles. The Hall–Kier alpha value is -2.14. The lowest BCUT2D eigenvalue weighted by atomic mass is 10.0. The van der Waals surface area contributed by atoms with Gasteiger partial charge in [0.25, 0.3) is 5.91 Å². The number of carbonyl (C=O) groups excluding carboxylic acids is 2. The standard InChI is InChI=1S/C21H24N2O2S/c1-14-5-6-16(10-15(14)2)20(25)23-8-7-21(13-23)11-18(21)19(24)22-12-17-4-3-9-26-17/h3-6,9-10,18H,7-8,11-13H2,1-2H3,(H,22,24)/t18-,21+/m1/s1. The normalized spacial score (nSPS) is 24.1. The molecule has 26 heavy (non-hydrogen) atoms. The number of hydrogen-bond acceptors (Lipinski definition) is 3. The summed E-state index contributed by atoms with van der Waals surface area (Å²) in [6.07, 6.45) is 1.83. The van der Waals surface area contributed by atoms with E-state index in [0.29, 0.717) is 13.1 Å². The molecule has 136 valence electrons. The molecule has 1 saturated heterocycles. The van der Waals surface area contributed by atoms with Gasteiger partial charge in [-0.05, 0) is 61.4 Å². The van der Waals surface area contributed by atoms with Gasteiger partial charge in [-0.2, -0.15) is 0 Å². The van der Waals surface area contributed by atoms with Gasteiger partial charge in [-0.3, -0.25) is 9.59 Å². The number of amides is 2. The molecule has 2 amide bonds. The summed E-state index contributed by atoms with van der Waals surface area (Å²) in [5.41, 5.74) is 3.10. The topological polar surface area (TPSA) is 49.4 Å². The van der Waals surface area contributed by atoms with E-state index < -0.39 is 0 Å². The SMILES string of the molecule is Cc1ccc(C(=O)N2CC[C@]3(C[C@@H]3C(=O)NCc3cccs3)C2)cc1C. The van der Waals surface area contributed by atoms with E-state index in [9.17, 15) is 9.59 Å². The van der Waals surface area contributed by atoms with Crippen molar-refractivity contribution in [3.63, 3.8) is 0 Å². The molecule has 0 bridgehead atoms. The average molecular weight is 369 g/mol. The van der Waals surface area contributed by atoms with Crippen molar-refractivity contribution in [1.29, 1.82) is 0 Å². The minimum absolute atomic E-state index is 0.00886. The summed E-state index contributed by atoms with van der Waals surface area (Å²) in [5, 5.41) is 5.08. The summed E-state index contributed by atoms with van der Waals surface area (Å²) < 4.78 is 0. The fraction of sp³-hybridized carbons (Fsp3) is 0.429. The van der Waals surface area contributed by atoms with Gasteiger partial charge in [-0.25, -0.2) is 0 Å². The van der Waals surface area contributed by atoms with Gasteiger partial charge in [0.05, 0.1) is 6.54 Å². The van der Waals surface area contributed by atoms with Gasteiger partial charge in [0.2, 0.25) is 5.91 Å². The van der Waals surface area contributed by atoms with Crippen LogP contribution in [-0.4, -0.2) is 29.8 Å². The van der Waals surface area contributed by atoms with Crippen LogP contribution in [0.3, 0.4) is 0 Å². The molecule has 0 unspecified atom stereocenters. The van der Waals surface area contributed by atoms with Crippen LogP contribution in [0, 0.1) is 25.2 Å². The molecule has 1 spiro atoms. The lowest BCUT2D eigenvalue weighted by molar-refractivity contribution is -0.123. The van der Waals surface area contributed by atoms with Crippen molar-refractivity contribution in [3.8, 4) is 0 Å². The minimum atomic E-state index is 0.00886. The molecule has 1 aliphatic heterocycles. The van der Waals surface area contributed by atoms with E-state index in [1.807, 2.05) is 47.5 Å². The molecule has 1 aliphatic carbocycles. The lowest BCUT2D eigenvalue weighted by Gasteiger charge is -2.17. The van der Waals surface area contributed by atoms with Crippen LogP contribution < -0.4 is 5.32 Å². The third-order valence-electron chi connectivity index (χ3n) is 5.95. The molecule has 2 aliphatic rings. The summed E-state index contributed by atoms with van der Waals surface area (Å²) in [6, 6.07) is 9.92. The zero-order chi connectivity index (χ0) is 18.3. The second kappa shape index (κ2) is 6.54. The molecular formula is C21H24N2O2S. The van der Waals surface area contributed by atoms with E-state index in [-0.39, 0.29) is 23.1 Å². The Morgan fingerprint density at radius 3 is 2.85 bits per heavy atom. The summed E-state index contributed by atoms with van der Waals surface area (Å²) >= 11 is 1.66. The fourth-order valence-corrected chi connectivity index (χ4v) is 4.65. The van der Waals surface area contributed by atoms with E-state index in [4.69, 9.17) is 0 Å². The van der Waals surface area contributed by atoms with Crippen molar-refractivity contribution in [2.24, 2.45) is 11.3 Å². The quantitative estimate of drug-likeness (QED) is 0.897. The Labute approximate surface area is 158 Å². The van der Waals surface area contributed by atoms with Crippen molar-refractivity contribution in [3.05, 3.63) is 57.3 Å². The second-order valence-corrected chi connectivity index (χ2v) is 8.72. The van der Waals surface area contributed by atoms with Crippen molar-refractivity contribution in [2.75, 3.05) is 13.1 Å². The maximum absolute atomic E-state index is 12.8. The number of hydrogen-bond donors (Lipinski definition) is 1. The highest BCUT2D eigenvalue weighted by molar-refractivity contribution is 7.09. The number of benzene rings is 1. The Kier molecular flexibility index (Phi) is 4.35. The minimum Gasteiger partial charge on any atom is -0.351 e. The van der Waals surface area contributed by atoms with Crippen molar-refractivity contribution in [1.82, 2.24) is 10.2 Å².